The summed E-state index contributed by atoms with van der Waals surface area (Å²) in [7, 11) is 0. The third-order valence-corrected chi connectivity index (χ3v) is 7.36. The molecule has 8 nitrogen and oxygen atoms in total. The Morgan fingerprint density at radius 1 is 0.857 bits per heavy atom. The molecule has 2 aromatic heterocycles. The third-order valence-electron chi connectivity index (χ3n) is 7.36. The van der Waals surface area contributed by atoms with Crippen molar-refractivity contribution in [2.75, 3.05) is 31.1 Å². The highest BCUT2D eigenvalue weighted by atomic mass is 16.6. The highest BCUT2D eigenvalue weighted by Gasteiger charge is 2.30. The van der Waals surface area contributed by atoms with Crippen LogP contribution in [0.2, 0.25) is 0 Å². The van der Waals surface area contributed by atoms with Crippen molar-refractivity contribution in [3.8, 4) is 16.9 Å². The molecule has 0 saturated carbocycles. The molecular weight excluding hydrogens is 528 g/mol. The van der Waals surface area contributed by atoms with Gasteiger partial charge in [0.05, 0.1) is 16.8 Å². The normalized spacial score (nSPS) is 14.3. The van der Waals surface area contributed by atoms with Gasteiger partial charge in [0.15, 0.2) is 6.29 Å². The van der Waals surface area contributed by atoms with E-state index in [1.54, 1.807) is 9.47 Å². The van der Waals surface area contributed by atoms with Crippen LogP contribution in [-0.2, 0) is 4.74 Å². The van der Waals surface area contributed by atoms with Crippen LogP contribution in [0.5, 0.6) is 0 Å². The van der Waals surface area contributed by atoms with E-state index in [0.29, 0.717) is 38.2 Å². The van der Waals surface area contributed by atoms with Crippen LogP contribution in [0.4, 0.5) is 10.6 Å². The number of hydrogen-bond donors (Lipinski definition) is 0. The monoisotopic (exact) mass is 568 g/mol. The maximum absolute atomic E-state index is 13.0. The molecule has 220 valence electrons. The van der Waals surface area contributed by atoms with Gasteiger partial charge in [0.25, 0.3) is 0 Å². The number of carbonyl (C=O) groups is 3. The van der Waals surface area contributed by atoms with Crippen molar-refractivity contribution in [2.45, 2.75) is 53.6 Å². The average Bonchev–Trinajstić information content (AvgIpc) is 3.55. The molecule has 1 aliphatic rings. The standard InChI is InChI=1S/C34H40N4O4/c1-33(2,3)22-30(40)37-17-9-12-28(37)24-13-15-25(16-14-24)38-29-11-8-7-10-26(29)27(23-39)31(38)35-18-20-36(21-19-35)32(41)42-34(4,5)6/h7-17,23H,18-22H2,1-6H3. The van der Waals surface area contributed by atoms with E-state index in [4.69, 9.17) is 4.74 Å². The number of rotatable bonds is 5. The maximum atomic E-state index is 13.0. The lowest BCUT2D eigenvalue weighted by atomic mass is 9.92. The number of piperazine rings is 1. The van der Waals surface area contributed by atoms with E-state index in [1.807, 2.05) is 87.6 Å². The number of hydrogen-bond acceptors (Lipinski definition) is 5. The minimum Gasteiger partial charge on any atom is -0.444 e. The zero-order chi connectivity index (χ0) is 30.2. The smallest absolute Gasteiger partial charge is 0.410 e. The molecule has 42 heavy (non-hydrogen) atoms. The number of carbonyl (C=O) groups excluding carboxylic acids is 3. The first-order valence-electron chi connectivity index (χ1n) is 14.5. The molecule has 0 radical (unpaired) electrons. The van der Waals surface area contributed by atoms with Crippen molar-refractivity contribution >= 4 is 35.0 Å². The van der Waals surface area contributed by atoms with Crippen LogP contribution in [0.25, 0.3) is 27.8 Å². The molecule has 3 heterocycles. The summed E-state index contributed by atoms with van der Waals surface area (Å²) < 4.78 is 9.43. The molecule has 1 amide bonds. The molecule has 0 N–H and O–H groups in total. The molecule has 1 aliphatic heterocycles. The van der Waals surface area contributed by atoms with E-state index < -0.39 is 5.60 Å². The van der Waals surface area contributed by atoms with E-state index in [0.717, 1.165) is 40.0 Å². The van der Waals surface area contributed by atoms with Crippen molar-refractivity contribution in [1.29, 1.82) is 0 Å². The molecule has 8 heteroatoms. The molecule has 1 fully saturated rings. The number of aldehydes is 1. The second-order valence-electron chi connectivity index (χ2n) is 13.1. The molecule has 5 rings (SSSR count). The van der Waals surface area contributed by atoms with E-state index in [9.17, 15) is 14.4 Å². The average molecular weight is 569 g/mol. The summed E-state index contributed by atoms with van der Waals surface area (Å²) in [5.41, 5.74) is 3.59. The van der Waals surface area contributed by atoms with Gasteiger partial charge in [-0.1, -0.05) is 51.1 Å². The van der Waals surface area contributed by atoms with Crippen molar-refractivity contribution in [3.05, 3.63) is 72.4 Å². The number of amides is 1. The van der Waals surface area contributed by atoms with Crippen LogP contribution in [0.1, 0.15) is 63.1 Å². The predicted molar refractivity (Wildman–Crippen MR) is 167 cm³/mol. The van der Waals surface area contributed by atoms with Crippen LogP contribution in [-0.4, -0.2) is 64.1 Å². The second-order valence-corrected chi connectivity index (χ2v) is 13.1. The SMILES string of the molecule is CC(C)(C)CC(=O)n1cccc1-c1ccc(-n2c(N3CCN(C(=O)OC(C)(C)C)CC3)c(C=O)c3ccccc32)cc1. The quantitative estimate of drug-likeness (QED) is 0.241. The van der Waals surface area contributed by atoms with Gasteiger partial charge in [-0.15, -0.1) is 0 Å². The zero-order valence-corrected chi connectivity index (χ0v) is 25.4. The number of anilines is 1. The van der Waals surface area contributed by atoms with Gasteiger partial charge in [-0.2, -0.15) is 0 Å². The van der Waals surface area contributed by atoms with Crippen molar-refractivity contribution in [3.63, 3.8) is 0 Å². The number of ether oxygens (including phenoxy) is 1. The lowest BCUT2D eigenvalue weighted by Gasteiger charge is -2.37. The van der Waals surface area contributed by atoms with Crippen molar-refractivity contribution in [2.24, 2.45) is 5.41 Å². The first kappa shape index (κ1) is 29.2. The Bertz CT molecular complexity index is 1610. The molecule has 0 aliphatic carbocycles. The Balaban J connectivity index is 1.49. The molecule has 0 spiro atoms. The Labute approximate surface area is 247 Å². The Morgan fingerprint density at radius 3 is 2.14 bits per heavy atom. The lowest BCUT2D eigenvalue weighted by Crippen LogP contribution is -2.50. The first-order valence-corrected chi connectivity index (χ1v) is 14.5. The fourth-order valence-corrected chi connectivity index (χ4v) is 5.52. The van der Waals surface area contributed by atoms with Crippen molar-refractivity contribution < 1.29 is 19.1 Å². The summed E-state index contributed by atoms with van der Waals surface area (Å²) in [4.78, 5) is 42.1. The van der Waals surface area contributed by atoms with E-state index >= 15 is 0 Å². The number of benzene rings is 2. The third kappa shape index (κ3) is 5.98. The predicted octanol–water partition coefficient (Wildman–Crippen LogP) is 7.05. The van der Waals surface area contributed by atoms with Crippen LogP contribution < -0.4 is 4.90 Å². The number of fused-ring (bicyclic) bond motifs is 1. The largest absolute Gasteiger partial charge is 0.444 e. The van der Waals surface area contributed by atoms with Gasteiger partial charge in [-0.3, -0.25) is 18.7 Å². The Morgan fingerprint density at radius 2 is 1.52 bits per heavy atom. The van der Waals surface area contributed by atoms with Crippen LogP contribution in [0, 0.1) is 5.41 Å². The Hall–Kier alpha value is -4.33. The molecule has 0 unspecified atom stereocenters. The number of aromatic nitrogens is 2. The van der Waals surface area contributed by atoms with Gasteiger partial charge >= 0.3 is 6.09 Å². The summed E-state index contributed by atoms with van der Waals surface area (Å²) in [6.45, 7) is 13.9. The van der Waals surface area contributed by atoms with Crippen LogP contribution in [0.3, 0.4) is 0 Å². The first-order chi connectivity index (χ1) is 19.9. The van der Waals surface area contributed by atoms with Crippen LogP contribution >= 0.6 is 0 Å². The van der Waals surface area contributed by atoms with Gasteiger partial charge in [0.2, 0.25) is 5.91 Å². The van der Waals surface area contributed by atoms with Gasteiger partial charge in [-0.25, -0.2) is 4.79 Å². The summed E-state index contributed by atoms with van der Waals surface area (Å²) in [6, 6.07) is 19.9. The minimum absolute atomic E-state index is 0.0615. The zero-order valence-electron chi connectivity index (χ0n) is 25.4. The van der Waals surface area contributed by atoms with Crippen molar-refractivity contribution in [1.82, 2.24) is 14.0 Å². The molecule has 0 atom stereocenters. The van der Waals surface area contributed by atoms with Gasteiger partial charge in [0, 0.05) is 49.9 Å². The summed E-state index contributed by atoms with van der Waals surface area (Å²) >= 11 is 0. The van der Waals surface area contributed by atoms with Gasteiger partial charge in [-0.05, 0) is 62.1 Å². The maximum Gasteiger partial charge on any atom is 0.410 e. The number of nitrogens with zero attached hydrogens (tertiary/aromatic N) is 4. The van der Waals surface area contributed by atoms with E-state index in [-0.39, 0.29) is 17.4 Å². The molecule has 4 aromatic rings. The summed E-state index contributed by atoms with van der Waals surface area (Å²) in [5.74, 6) is 0.873. The molecule has 0 bridgehead atoms. The van der Waals surface area contributed by atoms with Gasteiger partial charge in [0.1, 0.15) is 11.4 Å². The number of para-hydroxylation sites is 1. The molecular formula is C34H40N4O4. The molecule has 2 aromatic carbocycles. The topological polar surface area (TPSA) is 76.8 Å². The second kappa shape index (κ2) is 11.2. The fourth-order valence-electron chi connectivity index (χ4n) is 5.52. The highest BCUT2D eigenvalue weighted by molar-refractivity contribution is 6.05. The molecule has 1 saturated heterocycles. The lowest BCUT2D eigenvalue weighted by molar-refractivity contribution is 0.0240. The fraction of sp³-hybridized carbons (Fsp3) is 0.382. The van der Waals surface area contributed by atoms with E-state index in [2.05, 4.69) is 30.2 Å². The van der Waals surface area contributed by atoms with E-state index in [1.165, 1.54) is 0 Å². The van der Waals surface area contributed by atoms with Gasteiger partial charge < -0.3 is 14.5 Å². The summed E-state index contributed by atoms with van der Waals surface area (Å²) in [6.07, 6.45) is 2.87. The minimum atomic E-state index is -0.557. The van der Waals surface area contributed by atoms with Crippen LogP contribution in [0.15, 0.2) is 66.9 Å². The highest BCUT2D eigenvalue weighted by Crippen LogP contribution is 2.36. The Kier molecular flexibility index (Phi) is 7.75. The summed E-state index contributed by atoms with van der Waals surface area (Å²) in [5, 5.41) is 0.878.